The van der Waals surface area contributed by atoms with Gasteiger partial charge < -0.3 is 20.9 Å². The first-order valence-electron chi connectivity index (χ1n) is 7.69. The van der Waals surface area contributed by atoms with Crippen LogP contribution in [0, 0.1) is 5.82 Å². The van der Waals surface area contributed by atoms with Gasteiger partial charge in [-0.3, -0.25) is 4.90 Å². The van der Waals surface area contributed by atoms with Crippen molar-refractivity contribution in [2.24, 2.45) is 5.73 Å². The third kappa shape index (κ3) is 4.27. The van der Waals surface area contributed by atoms with Crippen LogP contribution in [-0.4, -0.2) is 40.2 Å². The maximum absolute atomic E-state index is 12.8. The summed E-state index contributed by atoms with van der Waals surface area (Å²) in [5.41, 5.74) is 5.98. The van der Waals surface area contributed by atoms with E-state index >= 15 is 0 Å². The molecule has 1 atom stereocenters. The third-order valence-electron chi connectivity index (χ3n) is 3.76. The normalized spacial score (nSPS) is 17.8. The Morgan fingerprint density at radius 2 is 2.21 bits per heavy atom. The SMILES string of the molecule is NCc1nc(CN2CCC(NC(=O)Nc3ccc(F)cc3)C2)no1. The molecule has 1 aromatic heterocycles. The van der Waals surface area contributed by atoms with E-state index < -0.39 is 0 Å². The highest BCUT2D eigenvalue weighted by atomic mass is 19.1. The predicted octanol–water partition coefficient (Wildman–Crippen LogP) is 1.06. The number of aromatic nitrogens is 2. The zero-order chi connectivity index (χ0) is 16.9. The van der Waals surface area contributed by atoms with Gasteiger partial charge in [-0.15, -0.1) is 0 Å². The van der Waals surface area contributed by atoms with Crippen LogP contribution in [0.5, 0.6) is 0 Å². The van der Waals surface area contributed by atoms with Crippen molar-refractivity contribution in [3.05, 3.63) is 41.8 Å². The fourth-order valence-electron chi connectivity index (χ4n) is 2.62. The summed E-state index contributed by atoms with van der Waals surface area (Å²) in [5.74, 6) is 0.663. The molecule has 9 heteroatoms. The highest BCUT2D eigenvalue weighted by molar-refractivity contribution is 5.89. The fourth-order valence-corrected chi connectivity index (χ4v) is 2.62. The van der Waals surface area contributed by atoms with E-state index in [0.717, 1.165) is 13.0 Å². The Morgan fingerprint density at radius 1 is 1.42 bits per heavy atom. The Bertz CT molecular complexity index is 690. The van der Waals surface area contributed by atoms with Crippen molar-refractivity contribution < 1.29 is 13.7 Å². The van der Waals surface area contributed by atoms with Gasteiger partial charge in [0, 0.05) is 24.8 Å². The number of anilines is 1. The number of halogens is 1. The Balaban J connectivity index is 1.45. The van der Waals surface area contributed by atoms with Gasteiger partial charge in [0.25, 0.3) is 0 Å². The summed E-state index contributed by atoms with van der Waals surface area (Å²) in [6.07, 6.45) is 0.832. The summed E-state index contributed by atoms with van der Waals surface area (Å²) in [6.45, 7) is 2.30. The number of carbonyl (C=O) groups is 1. The standard InChI is InChI=1S/C15H19FN6O2/c16-10-1-3-11(4-2-10)18-15(23)19-12-5-6-22(8-12)9-13-20-14(7-17)24-21-13/h1-4,12H,5-9,17H2,(H2,18,19,23). The van der Waals surface area contributed by atoms with Crippen molar-refractivity contribution >= 4 is 11.7 Å². The average molecular weight is 334 g/mol. The molecule has 1 unspecified atom stereocenters. The number of urea groups is 1. The molecule has 2 amide bonds. The second kappa shape index (κ2) is 7.37. The van der Waals surface area contributed by atoms with E-state index in [9.17, 15) is 9.18 Å². The Labute approximate surface area is 138 Å². The fraction of sp³-hybridized carbons (Fsp3) is 0.400. The third-order valence-corrected chi connectivity index (χ3v) is 3.76. The first-order chi connectivity index (χ1) is 11.6. The number of rotatable bonds is 5. The summed E-state index contributed by atoms with van der Waals surface area (Å²) in [5, 5.41) is 9.45. The Kier molecular flexibility index (Phi) is 5.02. The van der Waals surface area contributed by atoms with E-state index in [4.69, 9.17) is 10.3 Å². The molecule has 3 rings (SSSR count). The first kappa shape index (κ1) is 16.3. The zero-order valence-corrected chi connectivity index (χ0v) is 13.0. The van der Waals surface area contributed by atoms with Crippen molar-refractivity contribution in [2.45, 2.75) is 25.6 Å². The van der Waals surface area contributed by atoms with Gasteiger partial charge in [-0.25, -0.2) is 9.18 Å². The van der Waals surface area contributed by atoms with Crippen LogP contribution >= 0.6 is 0 Å². The van der Waals surface area contributed by atoms with Gasteiger partial charge in [0.05, 0.1) is 13.1 Å². The van der Waals surface area contributed by atoms with Gasteiger partial charge in [0.2, 0.25) is 5.89 Å². The molecule has 1 aliphatic rings. The molecule has 0 bridgehead atoms. The lowest BCUT2D eigenvalue weighted by atomic mass is 10.3. The predicted molar refractivity (Wildman–Crippen MR) is 84.4 cm³/mol. The van der Waals surface area contributed by atoms with Crippen LogP contribution in [0.2, 0.25) is 0 Å². The number of likely N-dealkylation sites (tertiary alicyclic amines) is 1. The van der Waals surface area contributed by atoms with E-state index in [1.165, 1.54) is 24.3 Å². The summed E-state index contributed by atoms with van der Waals surface area (Å²) in [7, 11) is 0. The summed E-state index contributed by atoms with van der Waals surface area (Å²) in [4.78, 5) is 18.3. The van der Waals surface area contributed by atoms with Crippen LogP contribution in [0.1, 0.15) is 18.1 Å². The largest absolute Gasteiger partial charge is 0.338 e. The molecule has 0 spiro atoms. The van der Waals surface area contributed by atoms with Crippen LogP contribution in [-0.2, 0) is 13.1 Å². The number of nitrogens with one attached hydrogen (secondary N) is 2. The van der Waals surface area contributed by atoms with Crippen molar-refractivity contribution in [1.29, 1.82) is 0 Å². The van der Waals surface area contributed by atoms with Crippen LogP contribution in [0.3, 0.4) is 0 Å². The second-order valence-electron chi connectivity index (χ2n) is 5.63. The van der Waals surface area contributed by atoms with Gasteiger partial charge in [-0.2, -0.15) is 4.98 Å². The summed E-state index contributed by atoms with van der Waals surface area (Å²) < 4.78 is 17.8. The van der Waals surface area contributed by atoms with E-state index in [1.807, 2.05) is 0 Å². The van der Waals surface area contributed by atoms with Gasteiger partial charge >= 0.3 is 6.03 Å². The van der Waals surface area contributed by atoms with Crippen molar-refractivity contribution in [1.82, 2.24) is 20.4 Å². The lowest BCUT2D eigenvalue weighted by Crippen LogP contribution is -2.39. The van der Waals surface area contributed by atoms with Crippen LogP contribution in [0.25, 0.3) is 0 Å². The summed E-state index contributed by atoms with van der Waals surface area (Å²) in [6, 6.07) is 5.35. The molecular formula is C15H19FN6O2. The number of carbonyl (C=O) groups excluding carboxylic acids is 1. The van der Waals surface area contributed by atoms with E-state index in [0.29, 0.717) is 30.5 Å². The molecule has 0 saturated carbocycles. The molecule has 0 aliphatic carbocycles. The molecular weight excluding hydrogens is 315 g/mol. The Hall–Kier alpha value is -2.52. The molecule has 2 heterocycles. The second-order valence-corrected chi connectivity index (χ2v) is 5.63. The number of hydrogen-bond acceptors (Lipinski definition) is 6. The number of nitrogens with two attached hydrogens (primary N) is 1. The highest BCUT2D eigenvalue weighted by Crippen LogP contribution is 2.13. The van der Waals surface area contributed by atoms with Crippen LogP contribution in [0.4, 0.5) is 14.9 Å². The van der Waals surface area contributed by atoms with Crippen LogP contribution < -0.4 is 16.4 Å². The Morgan fingerprint density at radius 3 is 2.92 bits per heavy atom. The maximum atomic E-state index is 12.8. The molecule has 1 aromatic carbocycles. The molecule has 0 radical (unpaired) electrons. The number of benzene rings is 1. The molecule has 8 nitrogen and oxygen atoms in total. The topological polar surface area (TPSA) is 109 Å². The number of nitrogens with zero attached hydrogens (tertiary/aromatic N) is 3. The monoisotopic (exact) mass is 334 g/mol. The average Bonchev–Trinajstić information content (AvgIpc) is 3.19. The van der Waals surface area contributed by atoms with Gasteiger partial charge in [-0.1, -0.05) is 5.16 Å². The van der Waals surface area contributed by atoms with Gasteiger partial charge in [0.1, 0.15) is 5.82 Å². The molecule has 24 heavy (non-hydrogen) atoms. The molecule has 4 N–H and O–H groups in total. The number of hydrogen-bond donors (Lipinski definition) is 3. The zero-order valence-electron chi connectivity index (χ0n) is 13.0. The van der Waals surface area contributed by atoms with Gasteiger partial charge in [0.15, 0.2) is 5.82 Å². The van der Waals surface area contributed by atoms with Gasteiger partial charge in [-0.05, 0) is 30.7 Å². The smallest absolute Gasteiger partial charge is 0.319 e. The van der Waals surface area contributed by atoms with E-state index in [1.54, 1.807) is 0 Å². The van der Waals surface area contributed by atoms with Crippen LogP contribution in [0.15, 0.2) is 28.8 Å². The lowest BCUT2D eigenvalue weighted by Gasteiger charge is -2.15. The molecule has 2 aromatic rings. The van der Waals surface area contributed by atoms with Crippen molar-refractivity contribution in [3.8, 4) is 0 Å². The minimum absolute atomic E-state index is 0.0336. The number of amides is 2. The molecule has 128 valence electrons. The quantitative estimate of drug-likeness (QED) is 0.754. The minimum Gasteiger partial charge on any atom is -0.338 e. The summed E-state index contributed by atoms with van der Waals surface area (Å²) >= 11 is 0. The first-order valence-corrected chi connectivity index (χ1v) is 7.69. The van der Waals surface area contributed by atoms with E-state index in [2.05, 4.69) is 25.7 Å². The highest BCUT2D eigenvalue weighted by Gasteiger charge is 2.25. The maximum Gasteiger partial charge on any atom is 0.319 e. The molecule has 1 saturated heterocycles. The lowest BCUT2D eigenvalue weighted by molar-refractivity contribution is 0.247. The molecule has 1 fully saturated rings. The van der Waals surface area contributed by atoms with Crippen molar-refractivity contribution in [2.75, 3.05) is 18.4 Å². The minimum atomic E-state index is -0.341. The van der Waals surface area contributed by atoms with E-state index in [-0.39, 0.29) is 24.4 Å². The van der Waals surface area contributed by atoms with Crippen molar-refractivity contribution in [3.63, 3.8) is 0 Å². The molecule has 1 aliphatic heterocycles.